The van der Waals surface area contributed by atoms with Crippen molar-refractivity contribution >= 4 is 11.7 Å². The number of nitrogens with zero attached hydrogens (tertiary/aromatic N) is 2. The molecule has 24 heavy (non-hydrogen) atoms. The standard InChI is InChI=1S/C17H19N3O4/c1-22-12-6-7-14(15(9-12)23-2)19-17(21)20-10-13(11-20)24-16-5-3-4-8-18-16/h3-9,13H,10-11H2,1-2H3,(H,19,21). The summed E-state index contributed by atoms with van der Waals surface area (Å²) in [5, 5.41) is 2.83. The zero-order valence-corrected chi connectivity index (χ0v) is 13.6. The Balaban J connectivity index is 1.54. The smallest absolute Gasteiger partial charge is 0.322 e. The van der Waals surface area contributed by atoms with Crippen molar-refractivity contribution in [3.8, 4) is 17.4 Å². The minimum Gasteiger partial charge on any atom is -0.497 e. The van der Waals surface area contributed by atoms with Gasteiger partial charge in [-0.15, -0.1) is 0 Å². The fourth-order valence-corrected chi connectivity index (χ4v) is 2.36. The molecule has 2 aromatic rings. The quantitative estimate of drug-likeness (QED) is 0.912. The Morgan fingerprint density at radius 1 is 1.21 bits per heavy atom. The van der Waals surface area contributed by atoms with Crippen molar-refractivity contribution in [1.29, 1.82) is 0 Å². The summed E-state index contributed by atoms with van der Waals surface area (Å²) in [4.78, 5) is 18.0. The maximum atomic E-state index is 12.3. The molecule has 0 spiro atoms. The average molecular weight is 329 g/mol. The summed E-state index contributed by atoms with van der Waals surface area (Å²) in [6.07, 6.45) is 1.64. The summed E-state index contributed by atoms with van der Waals surface area (Å²) in [5.74, 6) is 1.78. The van der Waals surface area contributed by atoms with E-state index in [1.54, 1.807) is 49.6 Å². The first-order chi connectivity index (χ1) is 11.7. The van der Waals surface area contributed by atoms with E-state index >= 15 is 0 Å². The maximum absolute atomic E-state index is 12.3. The van der Waals surface area contributed by atoms with Crippen molar-refractivity contribution in [2.75, 3.05) is 32.6 Å². The molecule has 1 fully saturated rings. The molecule has 3 rings (SSSR count). The molecule has 1 aliphatic rings. The normalized spacial score (nSPS) is 13.8. The number of carbonyl (C=O) groups excluding carboxylic acids is 1. The van der Waals surface area contributed by atoms with Crippen LogP contribution in [0.3, 0.4) is 0 Å². The second kappa shape index (κ2) is 7.08. The number of pyridine rings is 1. The number of rotatable bonds is 5. The Hall–Kier alpha value is -2.96. The molecule has 2 heterocycles. The van der Waals surface area contributed by atoms with Gasteiger partial charge in [0.05, 0.1) is 33.0 Å². The topological polar surface area (TPSA) is 72.9 Å². The van der Waals surface area contributed by atoms with Crippen molar-refractivity contribution in [3.05, 3.63) is 42.6 Å². The van der Waals surface area contributed by atoms with E-state index in [9.17, 15) is 4.79 Å². The number of anilines is 1. The Kier molecular flexibility index (Phi) is 4.69. The van der Waals surface area contributed by atoms with E-state index < -0.39 is 0 Å². The first kappa shape index (κ1) is 15.9. The molecule has 0 radical (unpaired) electrons. The van der Waals surface area contributed by atoms with E-state index in [1.165, 1.54) is 0 Å². The molecule has 126 valence electrons. The number of likely N-dealkylation sites (tertiary alicyclic amines) is 1. The summed E-state index contributed by atoms with van der Waals surface area (Å²) in [5.41, 5.74) is 0.595. The van der Waals surface area contributed by atoms with Crippen LogP contribution in [0.15, 0.2) is 42.6 Å². The van der Waals surface area contributed by atoms with Gasteiger partial charge in [-0.25, -0.2) is 9.78 Å². The molecule has 1 aromatic carbocycles. The first-order valence-electron chi connectivity index (χ1n) is 7.55. The van der Waals surface area contributed by atoms with E-state index in [2.05, 4.69) is 10.3 Å². The van der Waals surface area contributed by atoms with Crippen LogP contribution in [0.4, 0.5) is 10.5 Å². The molecule has 1 aromatic heterocycles. The molecular formula is C17H19N3O4. The average Bonchev–Trinajstić information content (AvgIpc) is 2.58. The number of ether oxygens (including phenoxy) is 3. The van der Waals surface area contributed by atoms with E-state index in [0.717, 1.165) is 0 Å². The number of amides is 2. The summed E-state index contributed by atoms with van der Waals surface area (Å²) >= 11 is 0. The monoisotopic (exact) mass is 329 g/mol. The number of carbonyl (C=O) groups is 1. The molecule has 7 nitrogen and oxygen atoms in total. The van der Waals surface area contributed by atoms with Crippen LogP contribution in [-0.2, 0) is 0 Å². The highest BCUT2D eigenvalue weighted by Crippen LogP contribution is 2.29. The predicted octanol–water partition coefficient (Wildman–Crippen LogP) is 2.39. The number of benzene rings is 1. The van der Waals surface area contributed by atoms with Gasteiger partial charge < -0.3 is 24.4 Å². The van der Waals surface area contributed by atoms with Gasteiger partial charge in [-0.05, 0) is 18.2 Å². The van der Waals surface area contributed by atoms with Gasteiger partial charge in [-0.1, -0.05) is 6.07 Å². The van der Waals surface area contributed by atoms with Crippen LogP contribution in [0.5, 0.6) is 17.4 Å². The van der Waals surface area contributed by atoms with Crippen LogP contribution in [0.1, 0.15) is 0 Å². The molecule has 2 amide bonds. The van der Waals surface area contributed by atoms with Gasteiger partial charge in [0.1, 0.15) is 17.6 Å². The van der Waals surface area contributed by atoms with Crippen molar-refractivity contribution < 1.29 is 19.0 Å². The summed E-state index contributed by atoms with van der Waals surface area (Å²) in [6.45, 7) is 1.03. The van der Waals surface area contributed by atoms with Crippen LogP contribution < -0.4 is 19.5 Å². The third-order valence-corrected chi connectivity index (χ3v) is 3.71. The van der Waals surface area contributed by atoms with Crippen LogP contribution in [0.2, 0.25) is 0 Å². The lowest BCUT2D eigenvalue weighted by atomic mass is 10.2. The zero-order chi connectivity index (χ0) is 16.9. The number of aromatic nitrogens is 1. The van der Waals surface area contributed by atoms with Crippen molar-refractivity contribution in [2.45, 2.75) is 6.10 Å². The molecule has 1 saturated heterocycles. The lowest BCUT2D eigenvalue weighted by molar-refractivity contribution is 0.0461. The van der Waals surface area contributed by atoms with Crippen molar-refractivity contribution in [3.63, 3.8) is 0 Å². The first-order valence-corrected chi connectivity index (χ1v) is 7.55. The van der Waals surface area contributed by atoms with Gasteiger partial charge in [0.15, 0.2) is 0 Å². The maximum Gasteiger partial charge on any atom is 0.322 e. The lowest BCUT2D eigenvalue weighted by Gasteiger charge is -2.38. The van der Waals surface area contributed by atoms with Crippen LogP contribution in [-0.4, -0.2) is 49.3 Å². The Labute approximate surface area is 140 Å². The number of hydrogen-bond donors (Lipinski definition) is 1. The Morgan fingerprint density at radius 2 is 2.04 bits per heavy atom. The number of hydrogen-bond acceptors (Lipinski definition) is 5. The van der Waals surface area contributed by atoms with E-state index in [1.807, 2.05) is 12.1 Å². The molecule has 0 bridgehead atoms. The third-order valence-electron chi connectivity index (χ3n) is 3.71. The molecule has 1 N–H and O–H groups in total. The number of methoxy groups -OCH3 is 2. The van der Waals surface area contributed by atoms with Gasteiger partial charge in [0, 0.05) is 18.3 Å². The second-order valence-corrected chi connectivity index (χ2v) is 5.31. The Morgan fingerprint density at radius 3 is 2.71 bits per heavy atom. The van der Waals surface area contributed by atoms with Gasteiger partial charge >= 0.3 is 6.03 Å². The lowest BCUT2D eigenvalue weighted by Crippen LogP contribution is -2.57. The molecule has 7 heteroatoms. The van der Waals surface area contributed by atoms with E-state index in [0.29, 0.717) is 36.2 Å². The van der Waals surface area contributed by atoms with Crippen molar-refractivity contribution in [1.82, 2.24) is 9.88 Å². The zero-order valence-electron chi connectivity index (χ0n) is 13.6. The highest BCUT2D eigenvalue weighted by molar-refractivity contribution is 5.91. The van der Waals surface area contributed by atoms with Gasteiger partial charge in [-0.2, -0.15) is 0 Å². The summed E-state index contributed by atoms with van der Waals surface area (Å²) < 4.78 is 16.1. The fraction of sp³-hybridized carbons (Fsp3) is 0.294. The van der Waals surface area contributed by atoms with Gasteiger partial charge in [0.2, 0.25) is 5.88 Å². The molecule has 0 aliphatic carbocycles. The van der Waals surface area contributed by atoms with E-state index in [-0.39, 0.29) is 12.1 Å². The highest BCUT2D eigenvalue weighted by Gasteiger charge is 2.32. The highest BCUT2D eigenvalue weighted by atomic mass is 16.5. The van der Waals surface area contributed by atoms with Gasteiger partial charge in [0.25, 0.3) is 0 Å². The third kappa shape index (κ3) is 3.51. The molecular weight excluding hydrogens is 310 g/mol. The second-order valence-electron chi connectivity index (χ2n) is 5.31. The number of nitrogens with one attached hydrogen (secondary N) is 1. The SMILES string of the molecule is COc1ccc(NC(=O)N2CC(Oc3ccccn3)C2)c(OC)c1. The van der Waals surface area contributed by atoms with Crippen LogP contribution in [0, 0.1) is 0 Å². The summed E-state index contributed by atoms with van der Waals surface area (Å²) in [7, 11) is 3.12. The molecule has 0 atom stereocenters. The fourth-order valence-electron chi connectivity index (χ4n) is 2.36. The summed E-state index contributed by atoms with van der Waals surface area (Å²) in [6, 6.07) is 10.5. The minimum absolute atomic E-state index is 0.0385. The molecule has 0 saturated carbocycles. The predicted molar refractivity (Wildman–Crippen MR) is 88.8 cm³/mol. The largest absolute Gasteiger partial charge is 0.497 e. The van der Waals surface area contributed by atoms with Crippen LogP contribution >= 0.6 is 0 Å². The number of urea groups is 1. The van der Waals surface area contributed by atoms with Crippen LogP contribution in [0.25, 0.3) is 0 Å². The minimum atomic E-state index is -0.195. The Bertz CT molecular complexity index is 702. The van der Waals surface area contributed by atoms with Crippen molar-refractivity contribution in [2.24, 2.45) is 0 Å². The molecule has 0 unspecified atom stereocenters. The molecule has 1 aliphatic heterocycles. The van der Waals surface area contributed by atoms with E-state index in [4.69, 9.17) is 14.2 Å². The van der Waals surface area contributed by atoms with Gasteiger partial charge in [-0.3, -0.25) is 0 Å².